The molecule has 0 spiro atoms. The smallest absolute Gasteiger partial charge is 0.373 e. The van der Waals surface area contributed by atoms with Crippen molar-refractivity contribution in [3.8, 4) is 0 Å². The lowest BCUT2D eigenvalue weighted by Gasteiger charge is -2.33. The zero-order chi connectivity index (χ0) is 16.4. The standard InChI is InChI=1S/C15H17F3N4O/c1-11-6-20-22(8-11)10-13-9-21(4-5-23-13)14-3-2-12(7-19-14)15(16,17)18/h2-3,6-8,13H,4-5,9-10H2,1H3. The molecule has 1 saturated heterocycles. The number of halogens is 3. The van der Waals surface area contributed by atoms with Crippen molar-refractivity contribution in [3.63, 3.8) is 0 Å². The van der Waals surface area contributed by atoms with E-state index in [1.165, 1.54) is 6.07 Å². The normalized spacial score (nSPS) is 19.1. The molecular weight excluding hydrogens is 309 g/mol. The second-order valence-corrected chi connectivity index (χ2v) is 5.58. The number of ether oxygens (including phenoxy) is 1. The van der Waals surface area contributed by atoms with E-state index in [0.717, 1.165) is 17.8 Å². The first-order valence-electron chi connectivity index (χ1n) is 7.31. The van der Waals surface area contributed by atoms with Crippen LogP contribution >= 0.6 is 0 Å². The predicted molar refractivity (Wildman–Crippen MR) is 78.2 cm³/mol. The Morgan fingerprint density at radius 3 is 2.74 bits per heavy atom. The average Bonchev–Trinajstić information content (AvgIpc) is 2.92. The number of pyridine rings is 1. The summed E-state index contributed by atoms with van der Waals surface area (Å²) in [6.45, 7) is 4.24. The minimum absolute atomic E-state index is 0.0767. The number of alkyl halides is 3. The number of anilines is 1. The van der Waals surface area contributed by atoms with Gasteiger partial charge in [0.2, 0.25) is 0 Å². The molecule has 1 fully saturated rings. The first-order valence-corrected chi connectivity index (χ1v) is 7.31. The molecule has 0 aromatic carbocycles. The van der Waals surface area contributed by atoms with E-state index in [0.29, 0.717) is 32.1 Å². The first kappa shape index (κ1) is 15.8. The summed E-state index contributed by atoms with van der Waals surface area (Å²) in [6.07, 6.45) is 0.136. The molecule has 1 atom stereocenters. The van der Waals surface area contributed by atoms with Crippen LogP contribution in [0.1, 0.15) is 11.1 Å². The van der Waals surface area contributed by atoms with E-state index in [9.17, 15) is 13.2 Å². The second kappa shape index (κ2) is 6.19. The molecule has 0 saturated carbocycles. The zero-order valence-electron chi connectivity index (χ0n) is 12.6. The lowest BCUT2D eigenvalue weighted by atomic mass is 10.2. The number of nitrogens with zero attached hydrogens (tertiary/aromatic N) is 4. The fourth-order valence-corrected chi connectivity index (χ4v) is 2.55. The summed E-state index contributed by atoms with van der Waals surface area (Å²) in [5.74, 6) is 0.531. The quantitative estimate of drug-likeness (QED) is 0.869. The highest BCUT2D eigenvalue weighted by atomic mass is 19.4. The van der Waals surface area contributed by atoms with Crippen molar-refractivity contribution >= 4 is 5.82 Å². The molecule has 0 amide bonds. The topological polar surface area (TPSA) is 43.2 Å². The van der Waals surface area contributed by atoms with E-state index < -0.39 is 11.7 Å². The van der Waals surface area contributed by atoms with Gasteiger partial charge in [-0.3, -0.25) is 4.68 Å². The molecule has 0 aliphatic carbocycles. The Hall–Kier alpha value is -2.09. The van der Waals surface area contributed by atoms with E-state index in [4.69, 9.17) is 4.74 Å². The second-order valence-electron chi connectivity index (χ2n) is 5.58. The molecule has 1 aliphatic rings. The van der Waals surface area contributed by atoms with Crippen LogP contribution in [-0.2, 0) is 17.5 Å². The van der Waals surface area contributed by atoms with Gasteiger partial charge in [-0.05, 0) is 24.6 Å². The fraction of sp³-hybridized carbons (Fsp3) is 0.467. The molecule has 2 aromatic rings. The molecule has 8 heteroatoms. The Balaban J connectivity index is 1.66. The minimum atomic E-state index is -4.36. The largest absolute Gasteiger partial charge is 0.417 e. The van der Waals surface area contributed by atoms with Gasteiger partial charge in [0, 0.05) is 25.5 Å². The van der Waals surface area contributed by atoms with Gasteiger partial charge in [-0.25, -0.2) is 4.98 Å². The van der Waals surface area contributed by atoms with Crippen LogP contribution in [0.4, 0.5) is 19.0 Å². The molecule has 23 heavy (non-hydrogen) atoms. The third-order valence-corrected chi connectivity index (χ3v) is 3.69. The van der Waals surface area contributed by atoms with E-state index in [2.05, 4.69) is 10.1 Å². The van der Waals surface area contributed by atoms with Gasteiger partial charge in [0.15, 0.2) is 0 Å². The van der Waals surface area contributed by atoms with Gasteiger partial charge in [0.1, 0.15) is 5.82 Å². The number of rotatable bonds is 3. The van der Waals surface area contributed by atoms with E-state index in [1.807, 2.05) is 22.7 Å². The summed E-state index contributed by atoms with van der Waals surface area (Å²) in [6, 6.07) is 2.47. The summed E-state index contributed by atoms with van der Waals surface area (Å²) in [4.78, 5) is 5.88. The number of aromatic nitrogens is 3. The van der Waals surface area contributed by atoms with Crippen LogP contribution in [0.2, 0.25) is 0 Å². The maximum atomic E-state index is 12.6. The maximum Gasteiger partial charge on any atom is 0.417 e. The Kier molecular flexibility index (Phi) is 4.25. The van der Waals surface area contributed by atoms with Gasteiger partial charge in [-0.15, -0.1) is 0 Å². The van der Waals surface area contributed by atoms with Crippen LogP contribution in [-0.4, -0.2) is 40.6 Å². The lowest BCUT2D eigenvalue weighted by Crippen LogP contribution is -2.44. The molecule has 3 heterocycles. The van der Waals surface area contributed by atoms with Gasteiger partial charge in [0.25, 0.3) is 0 Å². The summed E-state index contributed by atoms with van der Waals surface area (Å²) in [5.41, 5.74) is 0.333. The summed E-state index contributed by atoms with van der Waals surface area (Å²) in [7, 11) is 0. The Morgan fingerprint density at radius 2 is 2.13 bits per heavy atom. The number of morpholine rings is 1. The highest BCUT2D eigenvalue weighted by Crippen LogP contribution is 2.29. The van der Waals surface area contributed by atoms with Gasteiger partial charge in [-0.1, -0.05) is 0 Å². The predicted octanol–water partition coefficient (Wildman–Crippen LogP) is 2.51. The van der Waals surface area contributed by atoms with E-state index in [1.54, 1.807) is 6.20 Å². The van der Waals surface area contributed by atoms with Crippen molar-refractivity contribution < 1.29 is 17.9 Å². The maximum absolute atomic E-state index is 12.6. The van der Waals surface area contributed by atoms with E-state index >= 15 is 0 Å². The summed E-state index contributed by atoms with van der Waals surface area (Å²) in [5, 5.41) is 4.22. The molecule has 0 radical (unpaired) electrons. The van der Waals surface area contributed by atoms with E-state index in [-0.39, 0.29) is 6.10 Å². The molecule has 2 aromatic heterocycles. The summed E-state index contributed by atoms with van der Waals surface area (Å²) < 4.78 is 45.3. The third kappa shape index (κ3) is 3.82. The number of aryl methyl sites for hydroxylation is 1. The van der Waals surface area contributed by atoms with Crippen LogP contribution in [0.15, 0.2) is 30.7 Å². The first-order chi connectivity index (χ1) is 10.9. The molecule has 1 unspecified atom stereocenters. The minimum Gasteiger partial charge on any atom is -0.373 e. The highest BCUT2D eigenvalue weighted by molar-refractivity contribution is 5.40. The van der Waals surface area contributed by atoms with Crippen LogP contribution in [0.5, 0.6) is 0 Å². The SMILES string of the molecule is Cc1cnn(CC2CN(c3ccc(C(F)(F)F)cn3)CCO2)c1. The molecule has 5 nitrogen and oxygen atoms in total. The molecule has 124 valence electrons. The van der Waals surface area contributed by atoms with Gasteiger partial charge in [0.05, 0.1) is 31.0 Å². The molecular formula is C15H17F3N4O. The summed E-state index contributed by atoms with van der Waals surface area (Å²) >= 11 is 0. The van der Waals surface area contributed by atoms with Crippen LogP contribution in [0.3, 0.4) is 0 Å². The Morgan fingerprint density at radius 1 is 1.30 bits per heavy atom. The molecule has 0 N–H and O–H groups in total. The van der Waals surface area contributed by atoms with Crippen LogP contribution < -0.4 is 4.90 Å². The van der Waals surface area contributed by atoms with Crippen molar-refractivity contribution in [2.45, 2.75) is 25.7 Å². The molecule has 0 bridgehead atoms. The van der Waals surface area contributed by atoms with Crippen molar-refractivity contribution in [2.24, 2.45) is 0 Å². The van der Waals surface area contributed by atoms with Crippen molar-refractivity contribution in [1.82, 2.24) is 14.8 Å². The monoisotopic (exact) mass is 326 g/mol. The van der Waals surface area contributed by atoms with Crippen molar-refractivity contribution in [3.05, 3.63) is 41.9 Å². The van der Waals surface area contributed by atoms with Gasteiger partial charge >= 0.3 is 6.18 Å². The third-order valence-electron chi connectivity index (χ3n) is 3.69. The number of hydrogen-bond acceptors (Lipinski definition) is 4. The van der Waals surface area contributed by atoms with Gasteiger partial charge < -0.3 is 9.64 Å². The van der Waals surface area contributed by atoms with Crippen LogP contribution in [0, 0.1) is 6.92 Å². The molecule has 1 aliphatic heterocycles. The number of hydrogen-bond donors (Lipinski definition) is 0. The zero-order valence-corrected chi connectivity index (χ0v) is 12.6. The van der Waals surface area contributed by atoms with Crippen LogP contribution in [0.25, 0.3) is 0 Å². The van der Waals surface area contributed by atoms with Crippen molar-refractivity contribution in [2.75, 3.05) is 24.6 Å². The highest BCUT2D eigenvalue weighted by Gasteiger charge is 2.31. The Bertz CT molecular complexity index is 653. The lowest BCUT2D eigenvalue weighted by molar-refractivity contribution is -0.137. The molecule has 3 rings (SSSR count). The van der Waals surface area contributed by atoms with Gasteiger partial charge in [-0.2, -0.15) is 18.3 Å². The average molecular weight is 326 g/mol. The fourth-order valence-electron chi connectivity index (χ4n) is 2.55. The van der Waals surface area contributed by atoms with Crippen molar-refractivity contribution in [1.29, 1.82) is 0 Å². The Labute approximate surface area is 131 Å².